The number of carbonyl (C=O) groups is 4. The van der Waals surface area contributed by atoms with E-state index < -0.39 is 34.5 Å². The lowest BCUT2D eigenvalue weighted by atomic mass is 10.1. The molecule has 2 aromatic rings. The molecule has 3 rings (SSSR count). The Labute approximate surface area is 201 Å². The van der Waals surface area contributed by atoms with Crippen LogP contribution in [-0.2, 0) is 14.3 Å². The Morgan fingerprint density at radius 3 is 2.59 bits per heavy atom. The second-order valence-corrected chi connectivity index (χ2v) is 8.09. The lowest BCUT2D eigenvalue weighted by Crippen LogP contribution is -2.36. The van der Waals surface area contributed by atoms with Gasteiger partial charge in [0.25, 0.3) is 11.1 Å². The van der Waals surface area contributed by atoms with Gasteiger partial charge in [-0.1, -0.05) is 17.7 Å². The van der Waals surface area contributed by atoms with Crippen molar-refractivity contribution in [2.75, 3.05) is 26.1 Å². The lowest BCUT2D eigenvalue weighted by Gasteiger charge is -2.13. The first-order valence-electron chi connectivity index (χ1n) is 9.40. The van der Waals surface area contributed by atoms with Gasteiger partial charge in [0.1, 0.15) is 6.54 Å². The van der Waals surface area contributed by atoms with Crippen LogP contribution < -0.4 is 10.1 Å². The molecule has 1 saturated heterocycles. The molecule has 1 aliphatic heterocycles. The number of imide groups is 1. The Bertz CT molecular complexity index is 1250. The van der Waals surface area contributed by atoms with Gasteiger partial charge in [-0.15, -0.1) is 0 Å². The summed E-state index contributed by atoms with van der Waals surface area (Å²) in [5.74, 6) is -2.07. The van der Waals surface area contributed by atoms with Gasteiger partial charge < -0.3 is 14.8 Å². The van der Waals surface area contributed by atoms with Gasteiger partial charge in [-0.05, 0) is 47.7 Å². The average Bonchev–Trinajstić information content (AvgIpc) is 3.06. The topological polar surface area (TPSA) is 145 Å². The molecular weight excluding hydrogens is 490 g/mol. The van der Waals surface area contributed by atoms with E-state index in [1.54, 1.807) is 0 Å². The molecule has 0 saturated carbocycles. The predicted octanol–water partition coefficient (Wildman–Crippen LogP) is 3.72. The van der Waals surface area contributed by atoms with Crippen LogP contribution in [0.2, 0.25) is 5.02 Å². The normalized spacial score (nSPS) is 14.3. The Morgan fingerprint density at radius 1 is 1.21 bits per heavy atom. The summed E-state index contributed by atoms with van der Waals surface area (Å²) < 4.78 is 9.56. The minimum absolute atomic E-state index is 0.00302. The molecule has 0 radical (unpaired) electrons. The quantitative estimate of drug-likeness (QED) is 0.257. The summed E-state index contributed by atoms with van der Waals surface area (Å²) in [6.07, 6.45) is 1.32. The second kappa shape index (κ2) is 10.4. The summed E-state index contributed by atoms with van der Waals surface area (Å²) >= 11 is 6.54. The van der Waals surface area contributed by atoms with Crippen molar-refractivity contribution in [3.05, 3.63) is 67.6 Å². The number of benzene rings is 2. The summed E-state index contributed by atoms with van der Waals surface area (Å²) in [6, 6.07) is 8.20. The molecule has 0 atom stereocenters. The maximum absolute atomic E-state index is 12.7. The number of nitrogens with one attached hydrogen (secondary N) is 1. The summed E-state index contributed by atoms with van der Waals surface area (Å²) in [6.45, 7) is -0.582. The first-order valence-corrected chi connectivity index (χ1v) is 10.6. The maximum atomic E-state index is 12.7. The summed E-state index contributed by atoms with van der Waals surface area (Å²) in [5.41, 5.74) is 0.246. The molecule has 1 aliphatic rings. The molecule has 0 aromatic heterocycles. The number of anilines is 1. The van der Waals surface area contributed by atoms with Crippen LogP contribution in [0, 0.1) is 10.1 Å². The molecule has 0 spiro atoms. The van der Waals surface area contributed by atoms with E-state index in [0.717, 1.165) is 4.90 Å². The molecule has 2 aromatic carbocycles. The molecule has 13 heteroatoms. The molecule has 1 N–H and O–H groups in total. The molecule has 3 amide bonds. The van der Waals surface area contributed by atoms with Gasteiger partial charge in [0, 0.05) is 11.8 Å². The standard InChI is InChI=1S/C21H16ClN3O8S/c1-32-16-6-3-11(7-15(16)25(30)31)8-17-19(27)24(21(29)34-17)10-18(26)23-12-4-5-14(22)13(9-12)20(28)33-2/h3-9H,10H2,1-2H3,(H,23,26)/b17-8+. The highest BCUT2D eigenvalue weighted by atomic mass is 35.5. The number of esters is 1. The smallest absolute Gasteiger partial charge is 0.339 e. The first kappa shape index (κ1) is 24.7. The van der Waals surface area contributed by atoms with Crippen LogP contribution in [-0.4, -0.2) is 53.6 Å². The number of thioether (sulfide) groups is 1. The Balaban J connectivity index is 1.74. The van der Waals surface area contributed by atoms with Crippen molar-refractivity contribution in [3.63, 3.8) is 0 Å². The minimum atomic E-state index is -0.727. The Hall–Kier alpha value is -3.90. The van der Waals surface area contributed by atoms with Gasteiger partial charge in [-0.25, -0.2) is 4.79 Å². The molecule has 1 heterocycles. The van der Waals surface area contributed by atoms with Crippen LogP contribution in [0.1, 0.15) is 15.9 Å². The summed E-state index contributed by atoms with van der Waals surface area (Å²) in [5, 5.41) is 13.1. The van der Waals surface area contributed by atoms with Crippen LogP contribution in [0.3, 0.4) is 0 Å². The zero-order valence-corrected chi connectivity index (χ0v) is 19.3. The van der Waals surface area contributed by atoms with Crippen molar-refractivity contribution in [3.8, 4) is 5.75 Å². The SMILES string of the molecule is COC(=O)c1cc(NC(=O)CN2C(=O)S/C(=C/c3ccc(OC)c([N+](=O)[O-])c3)C2=O)ccc1Cl. The highest BCUT2D eigenvalue weighted by Gasteiger charge is 2.36. The number of halogens is 1. The molecule has 0 aliphatic carbocycles. The molecule has 176 valence electrons. The van der Waals surface area contributed by atoms with Crippen molar-refractivity contribution in [2.24, 2.45) is 0 Å². The predicted molar refractivity (Wildman–Crippen MR) is 124 cm³/mol. The molecule has 0 bridgehead atoms. The van der Waals surface area contributed by atoms with E-state index in [9.17, 15) is 29.3 Å². The van der Waals surface area contributed by atoms with Gasteiger partial charge in [0.2, 0.25) is 5.91 Å². The first-order chi connectivity index (χ1) is 16.1. The largest absolute Gasteiger partial charge is 0.490 e. The number of methoxy groups -OCH3 is 2. The van der Waals surface area contributed by atoms with Crippen molar-refractivity contribution in [1.82, 2.24) is 4.90 Å². The Kier molecular flexibility index (Phi) is 7.54. The van der Waals surface area contributed by atoms with Crippen molar-refractivity contribution < 1.29 is 33.6 Å². The third kappa shape index (κ3) is 5.35. The van der Waals surface area contributed by atoms with E-state index in [2.05, 4.69) is 10.1 Å². The summed E-state index contributed by atoms with van der Waals surface area (Å²) in [7, 11) is 2.47. The van der Waals surface area contributed by atoms with Crippen molar-refractivity contribution >= 4 is 63.8 Å². The van der Waals surface area contributed by atoms with Crippen LogP contribution in [0.15, 0.2) is 41.3 Å². The fraction of sp³-hybridized carbons (Fsp3) is 0.143. The van der Waals surface area contributed by atoms with E-state index in [1.165, 1.54) is 56.7 Å². The number of hydrogen-bond donors (Lipinski definition) is 1. The number of nitrogens with zero attached hydrogens (tertiary/aromatic N) is 2. The van der Waals surface area contributed by atoms with E-state index in [1.807, 2.05) is 0 Å². The van der Waals surface area contributed by atoms with Gasteiger partial charge in [0.05, 0.1) is 34.6 Å². The molecule has 34 heavy (non-hydrogen) atoms. The number of ether oxygens (including phenoxy) is 2. The zero-order valence-electron chi connectivity index (χ0n) is 17.7. The van der Waals surface area contributed by atoms with Gasteiger partial charge in [-0.2, -0.15) is 0 Å². The number of nitro groups is 1. The number of amides is 3. The van der Waals surface area contributed by atoms with Crippen LogP contribution in [0.5, 0.6) is 5.75 Å². The van der Waals surface area contributed by atoms with Crippen LogP contribution in [0.25, 0.3) is 6.08 Å². The van der Waals surface area contributed by atoms with E-state index in [0.29, 0.717) is 17.3 Å². The van der Waals surface area contributed by atoms with Crippen molar-refractivity contribution in [2.45, 2.75) is 0 Å². The van der Waals surface area contributed by atoms with Crippen molar-refractivity contribution in [1.29, 1.82) is 0 Å². The monoisotopic (exact) mass is 505 g/mol. The highest BCUT2D eigenvalue weighted by Crippen LogP contribution is 2.34. The van der Waals surface area contributed by atoms with Crippen LogP contribution in [0.4, 0.5) is 16.2 Å². The fourth-order valence-corrected chi connectivity index (χ4v) is 3.97. The van der Waals surface area contributed by atoms with E-state index in [-0.39, 0.29) is 32.6 Å². The third-order valence-corrected chi connectivity index (χ3v) is 5.77. The lowest BCUT2D eigenvalue weighted by molar-refractivity contribution is -0.385. The fourth-order valence-electron chi connectivity index (χ4n) is 2.94. The second-order valence-electron chi connectivity index (χ2n) is 6.69. The number of rotatable bonds is 7. The van der Waals surface area contributed by atoms with Gasteiger partial charge in [0.15, 0.2) is 5.75 Å². The number of carbonyl (C=O) groups excluding carboxylic acids is 4. The van der Waals surface area contributed by atoms with E-state index in [4.69, 9.17) is 16.3 Å². The summed E-state index contributed by atoms with van der Waals surface area (Å²) in [4.78, 5) is 60.5. The molecular formula is C21H16ClN3O8S. The maximum Gasteiger partial charge on any atom is 0.339 e. The zero-order chi connectivity index (χ0) is 25.0. The highest BCUT2D eigenvalue weighted by molar-refractivity contribution is 8.18. The van der Waals surface area contributed by atoms with Gasteiger partial charge in [-0.3, -0.25) is 29.4 Å². The molecule has 1 fully saturated rings. The molecule has 11 nitrogen and oxygen atoms in total. The minimum Gasteiger partial charge on any atom is -0.490 e. The third-order valence-electron chi connectivity index (χ3n) is 4.53. The molecule has 0 unspecified atom stereocenters. The Morgan fingerprint density at radius 2 is 1.94 bits per heavy atom. The number of hydrogen-bond acceptors (Lipinski definition) is 9. The van der Waals surface area contributed by atoms with Crippen LogP contribution >= 0.6 is 23.4 Å². The van der Waals surface area contributed by atoms with Gasteiger partial charge >= 0.3 is 11.7 Å². The number of nitro benzene ring substituents is 1. The average molecular weight is 506 g/mol. The van der Waals surface area contributed by atoms with E-state index >= 15 is 0 Å².